The average Bonchev–Trinajstić information content (AvgIpc) is 2.56. The number of benzene rings is 2. The summed E-state index contributed by atoms with van der Waals surface area (Å²) in [6.45, 7) is 4.37. The van der Waals surface area contributed by atoms with Gasteiger partial charge in [-0.1, -0.05) is 23.8 Å². The minimum absolute atomic E-state index is 0.114. The molecule has 0 atom stereocenters. The van der Waals surface area contributed by atoms with E-state index in [9.17, 15) is 9.59 Å². The predicted molar refractivity (Wildman–Crippen MR) is 97.2 cm³/mol. The molecule has 0 saturated carbocycles. The summed E-state index contributed by atoms with van der Waals surface area (Å²) in [4.78, 5) is 24.3. The number of nitrogens with two attached hydrogens (primary N) is 1. The first-order valence-electron chi connectivity index (χ1n) is 7.98. The summed E-state index contributed by atoms with van der Waals surface area (Å²) in [5.41, 5.74) is 9.26. The van der Waals surface area contributed by atoms with Crippen LogP contribution in [0.25, 0.3) is 0 Å². The Kier molecular flexibility index (Phi) is 6.09. The summed E-state index contributed by atoms with van der Waals surface area (Å²) in [6, 6.07) is 12.8. The van der Waals surface area contributed by atoms with Crippen LogP contribution in [-0.4, -0.2) is 18.4 Å². The molecule has 2 aromatic rings. The van der Waals surface area contributed by atoms with Gasteiger partial charge in [0.2, 0.25) is 5.91 Å². The maximum atomic E-state index is 12.4. The van der Waals surface area contributed by atoms with Crippen LogP contribution in [0.5, 0.6) is 0 Å². The zero-order valence-electron chi connectivity index (χ0n) is 14.1. The van der Waals surface area contributed by atoms with Crippen LogP contribution < -0.4 is 16.4 Å². The summed E-state index contributed by atoms with van der Waals surface area (Å²) in [5.74, 6) is -0.326. The molecule has 0 aliphatic carbocycles. The highest BCUT2D eigenvalue weighted by molar-refractivity contribution is 6.07. The van der Waals surface area contributed by atoms with Gasteiger partial charge in [0.25, 0.3) is 5.91 Å². The fourth-order valence-corrected chi connectivity index (χ4v) is 2.25. The van der Waals surface area contributed by atoms with E-state index in [0.29, 0.717) is 36.3 Å². The Labute approximate surface area is 142 Å². The lowest BCUT2D eigenvalue weighted by atomic mass is 10.1. The first-order chi connectivity index (χ1) is 11.5. The molecule has 2 amide bonds. The SMILES string of the molecule is Cc1ccc(C(=O)Nc2ccc(C)cc2NC(=O)CCCN)cc1. The van der Waals surface area contributed by atoms with Crippen molar-refractivity contribution in [2.45, 2.75) is 26.7 Å². The summed E-state index contributed by atoms with van der Waals surface area (Å²) in [6.07, 6.45) is 0.985. The van der Waals surface area contributed by atoms with Gasteiger partial charge in [-0.3, -0.25) is 9.59 Å². The molecule has 0 aromatic heterocycles. The third-order valence-corrected chi connectivity index (χ3v) is 3.62. The summed E-state index contributed by atoms with van der Waals surface area (Å²) in [7, 11) is 0. The van der Waals surface area contributed by atoms with Crippen molar-refractivity contribution in [3.63, 3.8) is 0 Å². The molecule has 4 N–H and O–H groups in total. The van der Waals surface area contributed by atoms with Gasteiger partial charge in [-0.2, -0.15) is 0 Å². The second-order valence-corrected chi connectivity index (χ2v) is 5.81. The molecule has 0 saturated heterocycles. The van der Waals surface area contributed by atoms with E-state index >= 15 is 0 Å². The van der Waals surface area contributed by atoms with Crippen molar-refractivity contribution in [2.24, 2.45) is 5.73 Å². The molecule has 0 unspecified atom stereocenters. The van der Waals surface area contributed by atoms with Crippen molar-refractivity contribution in [1.82, 2.24) is 0 Å². The van der Waals surface area contributed by atoms with Gasteiger partial charge in [-0.15, -0.1) is 0 Å². The van der Waals surface area contributed by atoms with Gasteiger partial charge in [-0.05, 0) is 56.6 Å². The van der Waals surface area contributed by atoms with Crippen molar-refractivity contribution in [2.75, 3.05) is 17.2 Å². The van der Waals surface area contributed by atoms with E-state index in [-0.39, 0.29) is 11.8 Å². The third-order valence-electron chi connectivity index (χ3n) is 3.62. The first kappa shape index (κ1) is 17.7. The third kappa shape index (κ3) is 4.93. The van der Waals surface area contributed by atoms with Gasteiger partial charge in [0.15, 0.2) is 0 Å². The second kappa shape index (κ2) is 8.26. The van der Waals surface area contributed by atoms with Gasteiger partial charge in [0, 0.05) is 12.0 Å². The van der Waals surface area contributed by atoms with Crippen LogP contribution in [0, 0.1) is 13.8 Å². The molecule has 0 radical (unpaired) electrons. The Morgan fingerprint density at radius 1 is 0.917 bits per heavy atom. The fraction of sp³-hybridized carbons (Fsp3) is 0.263. The number of carbonyl (C=O) groups excluding carboxylic acids is 2. The Bertz CT molecular complexity index is 724. The lowest BCUT2D eigenvalue weighted by Gasteiger charge is -2.13. The maximum Gasteiger partial charge on any atom is 0.255 e. The van der Waals surface area contributed by atoms with Gasteiger partial charge in [0.1, 0.15) is 0 Å². The van der Waals surface area contributed by atoms with Gasteiger partial charge in [-0.25, -0.2) is 0 Å². The first-order valence-corrected chi connectivity index (χ1v) is 7.98. The van der Waals surface area contributed by atoms with E-state index < -0.39 is 0 Å². The number of hydrogen-bond acceptors (Lipinski definition) is 3. The van der Waals surface area contributed by atoms with E-state index in [1.807, 2.05) is 38.1 Å². The number of amides is 2. The average molecular weight is 325 g/mol. The standard InChI is InChI=1S/C19H23N3O2/c1-13-5-8-15(9-6-13)19(24)22-16-10-7-14(2)12-17(16)21-18(23)4-3-11-20/h5-10,12H,3-4,11,20H2,1-2H3,(H,21,23)(H,22,24). The van der Waals surface area contributed by atoms with E-state index in [1.165, 1.54) is 0 Å². The zero-order chi connectivity index (χ0) is 17.5. The van der Waals surface area contributed by atoms with Crippen molar-refractivity contribution in [3.05, 3.63) is 59.2 Å². The van der Waals surface area contributed by atoms with E-state index in [2.05, 4.69) is 10.6 Å². The molecule has 24 heavy (non-hydrogen) atoms. The van der Waals surface area contributed by atoms with Crippen LogP contribution >= 0.6 is 0 Å². The molecule has 0 fully saturated rings. The zero-order valence-corrected chi connectivity index (χ0v) is 14.1. The van der Waals surface area contributed by atoms with E-state index in [0.717, 1.165) is 11.1 Å². The molecule has 2 rings (SSSR count). The van der Waals surface area contributed by atoms with Crippen molar-refractivity contribution < 1.29 is 9.59 Å². The highest BCUT2D eigenvalue weighted by Gasteiger charge is 2.11. The largest absolute Gasteiger partial charge is 0.330 e. The minimum Gasteiger partial charge on any atom is -0.330 e. The highest BCUT2D eigenvalue weighted by atomic mass is 16.2. The number of hydrogen-bond donors (Lipinski definition) is 3. The van der Waals surface area contributed by atoms with Crippen LogP contribution in [0.1, 0.15) is 34.3 Å². The molecule has 0 spiro atoms. The quantitative estimate of drug-likeness (QED) is 0.762. The Hall–Kier alpha value is -2.66. The topological polar surface area (TPSA) is 84.2 Å². The normalized spacial score (nSPS) is 10.3. The van der Waals surface area contributed by atoms with Crippen LogP contribution in [0.2, 0.25) is 0 Å². The molecule has 126 valence electrons. The lowest BCUT2D eigenvalue weighted by Crippen LogP contribution is -2.17. The van der Waals surface area contributed by atoms with Gasteiger partial charge >= 0.3 is 0 Å². The van der Waals surface area contributed by atoms with Crippen LogP contribution in [0.4, 0.5) is 11.4 Å². The number of carbonyl (C=O) groups is 2. The molecule has 5 nitrogen and oxygen atoms in total. The summed E-state index contributed by atoms with van der Waals surface area (Å²) >= 11 is 0. The minimum atomic E-state index is -0.212. The molecule has 2 aromatic carbocycles. The monoisotopic (exact) mass is 325 g/mol. The van der Waals surface area contributed by atoms with Crippen LogP contribution in [-0.2, 0) is 4.79 Å². The van der Waals surface area contributed by atoms with Crippen molar-refractivity contribution in [1.29, 1.82) is 0 Å². The molecule has 5 heteroatoms. The second-order valence-electron chi connectivity index (χ2n) is 5.81. The predicted octanol–water partition coefficient (Wildman–Crippen LogP) is 3.23. The maximum absolute atomic E-state index is 12.4. The number of aryl methyl sites for hydroxylation is 2. The number of nitrogens with one attached hydrogen (secondary N) is 2. The molecule has 0 bridgehead atoms. The fourth-order valence-electron chi connectivity index (χ4n) is 2.25. The van der Waals surface area contributed by atoms with Crippen molar-refractivity contribution >= 4 is 23.2 Å². The summed E-state index contributed by atoms with van der Waals surface area (Å²) in [5, 5.41) is 5.70. The number of anilines is 2. The van der Waals surface area contributed by atoms with Crippen LogP contribution in [0.3, 0.4) is 0 Å². The van der Waals surface area contributed by atoms with Gasteiger partial charge in [0.05, 0.1) is 11.4 Å². The van der Waals surface area contributed by atoms with Crippen LogP contribution in [0.15, 0.2) is 42.5 Å². The molecule has 0 aliphatic rings. The molecular formula is C19H23N3O2. The molecule has 0 aliphatic heterocycles. The summed E-state index contributed by atoms with van der Waals surface area (Å²) < 4.78 is 0. The highest BCUT2D eigenvalue weighted by Crippen LogP contribution is 2.24. The molecule has 0 heterocycles. The van der Waals surface area contributed by atoms with E-state index in [4.69, 9.17) is 5.73 Å². The lowest BCUT2D eigenvalue weighted by molar-refractivity contribution is -0.116. The smallest absolute Gasteiger partial charge is 0.255 e. The van der Waals surface area contributed by atoms with E-state index in [1.54, 1.807) is 18.2 Å². The van der Waals surface area contributed by atoms with Crippen molar-refractivity contribution in [3.8, 4) is 0 Å². The Balaban J connectivity index is 2.15. The number of rotatable bonds is 6. The Morgan fingerprint density at radius 3 is 2.25 bits per heavy atom. The molecular weight excluding hydrogens is 302 g/mol. The van der Waals surface area contributed by atoms with Gasteiger partial charge < -0.3 is 16.4 Å². The Morgan fingerprint density at radius 2 is 1.58 bits per heavy atom.